The van der Waals surface area contributed by atoms with E-state index in [0.29, 0.717) is 32.5 Å². The summed E-state index contributed by atoms with van der Waals surface area (Å²) in [5.41, 5.74) is 0.243. The van der Waals surface area contributed by atoms with E-state index < -0.39 is 12.7 Å². The Morgan fingerprint density at radius 3 is 2.62 bits per heavy atom. The molecule has 0 aliphatic carbocycles. The quantitative estimate of drug-likeness (QED) is 0.915. The number of hydrogen-bond acceptors (Lipinski definition) is 4. The number of rotatable bonds is 4. The van der Waals surface area contributed by atoms with Crippen LogP contribution < -0.4 is 5.32 Å². The monoisotopic (exact) mass is 302 g/mol. The maximum absolute atomic E-state index is 12.3. The molecule has 1 aromatic rings. The number of nitrogens with zero attached hydrogens (tertiary/aromatic N) is 3. The van der Waals surface area contributed by atoms with Crippen molar-refractivity contribution in [3.05, 3.63) is 24.3 Å². The van der Waals surface area contributed by atoms with Crippen LogP contribution in [0.15, 0.2) is 18.6 Å². The first kappa shape index (κ1) is 15.7. The van der Waals surface area contributed by atoms with Gasteiger partial charge >= 0.3 is 6.18 Å². The van der Waals surface area contributed by atoms with Gasteiger partial charge in [0.2, 0.25) is 0 Å². The predicted molar refractivity (Wildman–Crippen MR) is 69.6 cm³/mol. The summed E-state index contributed by atoms with van der Waals surface area (Å²) >= 11 is 0. The lowest BCUT2D eigenvalue weighted by atomic mass is 9.97. The predicted octanol–water partition coefficient (Wildman–Crippen LogP) is 1.48. The van der Waals surface area contributed by atoms with Crippen LogP contribution in [0.2, 0.25) is 0 Å². The lowest BCUT2D eigenvalue weighted by molar-refractivity contribution is -0.148. The lowest BCUT2D eigenvalue weighted by Crippen LogP contribution is -2.42. The summed E-state index contributed by atoms with van der Waals surface area (Å²) in [6.45, 7) is 0.414. The zero-order valence-corrected chi connectivity index (χ0v) is 11.4. The Hall–Kier alpha value is -1.70. The fraction of sp³-hybridized carbons (Fsp3) is 0.615. The van der Waals surface area contributed by atoms with E-state index in [1.54, 1.807) is 0 Å². The van der Waals surface area contributed by atoms with Gasteiger partial charge in [-0.2, -0.15) is 13.2 Å². The molecule has 0 saturated carbocycles. The number of nitrogens with one attached hydrogen (secondary N) is 1. The van der Waals surface area contributed by atoms with Crippen LogP contribution in [-0.2, 0) is 0 Å². The molecule has 5 nitrogen and oxygen atoms in total. The molecule has 0 aromatic carbocycles. The molecule has 1 fully saturated rings. The average molecular weight is 302 g/mol. The van der Waals surface area contributed by atoms with Gasteiger partial charge in [0.1, 0.15) is 5.69 Å². The van der Waals surface area contributed by atoms with Crippen LogP contribution in [-0.4, -0.2) is 53.1 Å². The molecule has 0 atom stereocenters. The Morgan fingerprint density at radius 1 is 1.33 bits per heavy atom. The summed E-state index contributed by atoms with van der Waals surface area (Å²) in [5, 5.41) is 2.75. The summed E-state index contributed by atoms with van der Waals surface area (Å²) in [5.74, 6) is -0.101. The fourth-order valence-corrected chi connectivity index (χ4v) is 2.35. The maximum atomic E-state index is 12.3. The molecule has 1 aliphatic rings. The minimum absolute atomic E-state index is 0.204. The topological polar surface area (TPSA) is 58.1 Å². The second-order valence-corrected chi connectivity index (χ2v) is 5.14. The van der Waals surface area contributed by atoms with E-state index in [9.17, 15) is 18.0 Å². The van der Waals surface area contributed by atoms with Crippen LogP contribution in [0.5, 0.6) is 0 Å². The van der Waals surface area contributed by atoms with E-state index in [-0.39, 0.29) is 17.5 Å². The Labute approximate surface area is 120 Å². The highest BCUT2D eigenvalue weighted by Gasteiger charge is 2.32. The van der Waals surface area contributed by atoms with Crippen molar-refractivity contribution < 1.29 is 18.0 Å². The third-order valence-electron chi connectivity index (χ3n) is 3.46. The molecule has 0 radical (unpaired) electrons. The summed E-state index contributed by atoms with van der Waals surface area (Å²) < 4.78 is 36.8. The molecule has 1 aliphatic heterocycles. The molecular formula is C13H17F3N4O. The van der Waals surface area contributed by atoms with E-state index >= 15 is 0 Å². The van der Waals surface area contributed by atoms with E-state index in [0.717, 1.165) is 0 Å². The van der Waals surface area contributed by atoms with Crippen LogP contribution >= 0.6 is 0 Å². The number of carbonyl (C=O) groups excluding carboxylic acids is 1. The Morgan fingerprint density at radius 2 is 2.05 bits per heavy atom. The highest BCUT2D eigenvalue weighted by molar-refractivity contribution is 5.91. The number of aromatic nitrogens is 2. The highest BCUT2D eigenvalue weighted by Crippen LogP contribution is 2.22. The summed E-state index contributed by atoms with van der Waals surface area (Å²) in [6, 6.07) is 0. The first-order valence-corrected chi connectivity index (χ1v) is 6.77. The molecule has 116 valence electrons. The van der Waals surface area contributed by atoms with Crippen molar-refractivity contribution in [2.75, 3.05) is 26.2 Å². The van der Waals surface area contributed by atoms with Crippen LogP contribution in [0, 0.1) is 5.92 Å². The molecule has 1 aromatic heterocycles. The lowest BCUT2D eigenvalue weighted by Gasteiger charge is -2.32. The van der Waals surface area contributed by atoms with Gasteiger partial charge < -0.3 is 5.32 Å². The van der Waals surface area contributed by atoms with Crippen molar-refractivity contribution in [1.82, 2.24) is 20.2 Å². The molecule has 1 saturated heterocycles. The van der Waals surface area contributed by atoms with Crippen LogP contribution in [0.25, 0.3) is 0 Å². The van der Waals surface area contributed by atoms with Gasteiger partial charge in [0.15, 0.2) is 0 Å². The molecular weight excluding hydrogens is 285 g/mol. The number of hydrogen-bond donors (Lipinski definition) is 1. The molecule has 2 heterocycles. The first-order chi connectivity index (χ1) is 9.94. The number of alkyl halides is 3. The zero-order valence-electron chi connectivity index (χ0n) is 11.4. The minimum Gasteiger partial charge on any atom is -0.350 e. The second kappa shape index (κ2) is 6.84. The summed E-state index contributed by atoms with van der Waals surface area (Å²) in [6.07, 6.45) is 1.44. The Bertz CT molecular complexity index is 458. The smallest absolute Gasteiger partial charge is 0.350 e. The van der Waals surface area contributed by atoms with E-state index in [2.05, 4.69) is 15.3 Å². The molecule has 2 rings (SSSR count). The summed E-state index contributed by atoms with van der Waals surface area (Å²) in [7, 11) is 0. The second-order valence-electron chi connectivity index (χ2n) is 5.14. The van der Waals surface area contributed by atoms with Gasteiger partial charge in [0.25, 0.3) is 5.91 Å². The van der Waals surface area contributed by atoms with Crippen LogP contribution in [0.3, 0.4) is 0 Å². The van der Waals surface area contributed by atoms with Gasteiger partial charge in [-0.3, -0.25) is 14.7 Å². The third-order valence-corrected chi connectivity index (χ3v) is 3.46. The highest BCUT2D eigenvalue weighted by atomic mass is 19.4. The number of piperidine rings is 1. The number of likely N-dealkylation sites (tertiary alicyclic amines) is 1. The van der Waals surface area contributed by atoms with Gasteiger partial charge in [-0.1, -0.05) is 0 Å². The van der Waals surface area contributed by atoms with Crippen molar-refractivity contribution >= 4 is 5.91 Å². The van der Waals surface area contributed by atoms with Crippen molar-refractivity contribution in [3.63, 3.8) is 0 Å². The minimum atomic E-state index is -4.15. The number of amides is 1. The van der Waals surface area contributed by atoms with Crippen molar-refractivity contribution in [2.24, 2.45) is 5.92 Å². The maximum Gasteiger partial charge on any atom is 0.401 e. The van der Waals surface area contributed by atoms with Gasteiger partial charge in [-0.25, -0.2) is 4.98 Å². The molecule has 21 heavy (non-hydrogen) atoms. The van der Waals surface area contributed by atoms with Gasteiger partial charge in [-0.15, -0.1) is 0 Å². The van der Waals surface area contributed by atoms with E-state index in [4.69, 9.17) is 0 Å². The van der Waals surface area contributed by atoms with Crippen molar-refractivity contribution in [1.29, 1.82) is 0 Å². The largest absolute Gasteiger partial charge is 0.401 e. The van der Waals surface area contributed by atoms with Gasteiger partial charge in [-0.05, 0) is 31.8 Å². The SMILES string of the molecule is O=C(NCC1CCN(CC(F)(F)F)CC1)c1cnccn1. The van der Waals surface area contributed by atoms with Gasteiger partial charge in [0.05, 0.1) is 12.7 Å². The molecule has 8 heteroatoms. The average Bonchev–Trinajstić information content (AvgIpc) is 2.45. The molecule has 0 bridgehead atoms. The van der Waals surface area contributed by atoms with E-state index in [1.165, 1.54) is 23.5 Å². The standard InChI is InChI=1S/C13H17F3N4O/c14-13(15,16)9-20-5-1-10(2-6-20)7-19-12(21)11-8-17-3-4-18-11/h3-4,8,10H,1-2,5-7,9H2,(H,19,21). The summed E-state index contributed by atoms with van der Waals surface area (Å²) in [4.78, 5) is 20.9. The Balaban J connectivity index is 1.71. The molecule has 1 N–H and O–H groups in total. The number of halogens is 3. The van der Waals surface area contributed by atoms with Crippen molar-refractivity contribution in [3.8, 4) is 0 Å². The first-order valence-electron chi connectivity index (χ1n) is 6.77. The molecule has 0 unspecified atom stereocenters. The van der Waals surface area contributed by atoms with Crippen molar-refractivity contribution in [2.45, 2.75) is 19.0 Å². The molecule has 0 spiro atoms. The fourth-order valence-electron chi connectivity index (χ4n) is 2.35. The van der Waals surface area contributed by atoms with Gasteiger partial charge in [0, 0.05) is 18.9 Å². The van der Waals surface area contributed by atoms with E-state index in [1.807, 2.05) is 0 Å². The third kappa shape index (κ3) is 5.30. The van der Waals surface area contributed by atoms with Crippen LogP contribution in [0.1, 0.15) is 23.3 Å². The number of carbonyl (C=O) groups is 1. The molecule has 1 amide bonds. The van der Waals surface area contributed by atoms with Crippen LogP contribution in [0.4, 0.5) is 13.2 Å². The normalized spacial score (nSPS) is 17.7. The zero-order chi connectivity index (χ0) is 15.3. The Kier molecular flexibility index (Phi) is 5.11.